The predicted molar refractivity (Wildman–Crippen MR) is 59.2 cm³/mol. The van der Waals surface area contributed by atoms with Crippen LogP contribution in [0.4, 0.5) is 0 Å². The molecule has 2 nitrogen and oxygen atoms in total. The van der Waals surface area contributed by atoms with Crippen molar-refractivity contribution in [1.29, 1.82) is 0 Å². The van der Waals surface area contributed by atoms with Crippen molar-refractivity contribution in [2.45, 2.75) is 38.5 Å². The molecule has 0 saturated carbocycles. The van der Waals surface area contributed by atoms with Gasteiger partial charge in [0.2, 0.25) is 0 Å². The van der Waals surface area contributed by atoms with Crippen LogP contribution in [0.1, 0.15) is 27.2 Å². The van der Waals surface area contributed by atoms with Crippen molar-refractivity contribution in [1.82, 2.24) is 5.32 Å². The first-order valence-electron chi connectivity index (χ1n) is 5.01. The van der Waals surface area contributed by atoms with Crippen LogP contribution in [0.15, 0.2) is 0 Å². The van der Waals surface area contributed by atoms with Crippen molar-refractivity contribution in [3.63, 3.8) is 0 Å². The molecule has 78 valence electrons. The Morgan fingerprint density at radius 3 is 2.69 bits per heavy atom. The fourth-order valence-corrected chi connectivity index (χ4v) is 2.69. The van der Waals surface area contributed by atoms with Crippen molar-refractivity contribution >= 4 is 11.8 Å². The number of nitrogens with one attached hydrogen (secondary N) is 1. The summed E-state index contributed by atoms with van der Waals surface area (Å²) in [7, 11) is 0. The van der Waals surface area contributed by atoms with E-state index in [2.05, 4.69) is 26.1 Å². The smallest absolute Gasteiger partial charge is 0.0494 e. The highest BCUT2D eigenvalue weighted by Gasteiger charge is 2.25. The number of aliphatic hydroxyl groups is 1. The fourth-order valence-electron chi connectivity index (χ4n) is 1.46. The van der Waals surface area contributed by atoms with E-state index in [-0.39, 0.29) is 12.0 Å². The molecule has 0 aromatic rings. The third-order valence-electron chi connectivity index (χ3n) is 2.65. The van der Waals surface area contributed by atoms with E-state index in [1.807, 2.05) is 11.8 Å². The van der Waals surface area contributed by atoms with Crippen molar-refractivity contribution in [3.8, 4) is 0 Å². The molecule has 1 saturated heterocycles. The second-order valence-electron chi connectivity index (χ2n) is 4.67. The highest BCUT2D eigenvalue weighted by molar-refractivity contribution is 8.00. The van der Waals surface area contributed by atoms with Gasteiger partial charge in [-0.05, 0) is 12.2 Å². The van der Waals surface area contributed by atoms with Gasteiger partial charge in [-0.2, -0.15) is 11.8 Å². The molecule has 0 radical (unpaired) electrons. The van der Waals surface area contributed by atoms with E-state index < -0.39 is 0 Å². The van der Waals surface area contributed by atoms with Crippen LogP contribution in [-0.4, -0.2) is 35.3 Å². The average molecular weight is 203 g/mol. The summed E-state index contributed by atoms with van der Waals surface area (Å²) in [5.74, 6) is 1.28. The molecule has 1 rings (SSSR count). The first-order chi connectivity index (χ1) is 6.05. The lowest BCUT2D eigenvalue weighted by Gasteiger charge is -2.26. The van der Waals surface area contributed by atoms with E-state index in [4.69, 9.17) is 5.11 Å². The molecule has 0 spiro atoms. The van der Waals surface area contributed by atoms with E-state index >= 15 is 0 Å². The van der Waals surface area contributed by atoms with Crippen LogP contribution in [0.5, 0.6) is 0 Å². The molecule has 2 unspecified atom stereocenters. The van der Waals surface area contributed by atoms with Crippen LogP contribution in [0, 0.1) is 5.41 Å². The van der Waals surface area contributed by atoms with Crippen molar-refractivity contribution < 1.29 is 5.11 Å². The highest BCUT2D eigenvalue weighted by atomic mass is 32.2. The van der Waals surface area contributed by atoms with Gasteiger partial charge in [0.05, 0.1) is 0 Å². The first kappa shape index (κ1) is 11.3. The number of hydrogen-bond acceptors (Lipinski definition) is 3. The van der Waals surface area contributed by atoms with Gasteiger partial charge in [-0.1, -0.05) is 20.8 Å². The minimum Gasteiger partial charge on any atom is -0.396 e. The molecule has 0 bridgehead atoms. The van der Waals surface area contributed by atoms with Gasteiger partial charge in [-0.25, -0.2) is 0 Å². The lowest BCUT2D eigenvalue weighted by atomic mass is 9.94. The van der Waals surface area contributed by atoms with Gasteiger partial charge in [-0.15, -0.1) is 0 Å². The summed E-state index contributed by atoms with van der Waals surface area (Å²) in [5.41, 5.74) is 0.0208. The molecule has 13 heavy (non-hydrogen) atoms. The molecule has 1 fully saturated rings. The quantitative estimate of drug-likeness (QED) is 0.726. The lowest BCUT2D eigenvalue weighted by Crippen LogP contribution is -2.41. The summed E-state index contributed by atoms with van der Waals surface area (Å²) in [4.78, 5) is 0. The Labute approximate surface area is 85.5 Å². The SMILES string of the molecule is CC1SCCC1NCC(C)(C)CO. The van der Waals surface area contributed by atoms with Crippen molar-refractivity contribution in [3.05, 3.63) is 0 Å². The van der Waals surface area contributed by atoms with Gasteiger partial charge in [0.25, 0.3) is 0 Å². The molecular weight excluding hydrogens is 182 g/mol. The molecule has 1 heterocycles. The average Bonchev–Trinajstić information content (AvgIpc) is 2.48. The van der Waals surface area contributed by atoms with Crippen LogP contribution in [0.3, 0.4) is 0 Å². The first-order valence-corrected chi connectivity index (χ1v) is 6.06. The standard InChI is InChI=1S/C10H21NOS/c1-8-9(4-5-13-8)11-6-10(2,3)7-12/h8-9,11-12H,4-7H2,1-3H3. The zero-order valence-corrected chi connectivity index (χ0v) is 9.66. The van der Waals surface area contributed by atoms with Crippen molar-refractivity contribution in [2.75, 3.05) is 18.9 Å². The van der Waals surface area contributed by atoms with Crippen LogP contribution in [0.2, 0.25) is 0 Å². The number of hydrogen-bond donors (Lipinski definition) is 2. The fraction of sp³-hybridized carbons (Fsp3) is 1.00. The zero-order valence-electron chi connectivity index (χ0n) is 8.84. The number of rotatable bonds is 4. The van der Waals surface area contributed by atoms with Crippen LogP contribution < -0.4 is 5.32 Å². The molecule has 2 atom stereocenters. The molecule has 0 aliphatic carbocycles. The van der Waals surface area contributed by atoms with E-state index in [9.17, 15) is 0 Å². The Hall–Kier alpha value is 0.270. The Morgan fingerprint density at radius 1 is 1.54 bits per heavy atom. The molecular formula is C10H21NOS. The summed E-state index contributed by atoms with van der Waals surface area (Å²) in [6.45, 7) is 7.63. The largest absolute Gasteiger partial charge is 0.396 e. The summed E-state index contributed by atoms with van der Waals surface area (Å²) in [5, 5.41) is 13.4. The summed E-state index contributed by atoms with van der Waals surface area (Å²) < 4.78 is 0. The second-order valence-corrected chi connectivity index (χ2v) is 6.16. The van der Waals surface area contributed by atoms with Crippen LogP contribution in [0.25, 0.3) is 0 Å². The van der Waals surface area contributed by atoms with E-state index in [0.29, 0.717) is 6.04 Å². The van der Waals surface area contributed by atoms with Gasteiger partial charge >= 0.3 is 0 Å². The predicted octanol–water partition coefficient (Wildman–Crippen LogP) is 1.49. The monoisotopic (exact) mass is 203 g/mol. The summed E-state index contributed by atoms with van der Waals surface area (Å²) in [6, 6.07) is 0.649. The molecule has 0 aromatic carbocycles. The number of thioether (sulfide) groups is 1. The van der Waals surface area contributed by atoms with Crippen LogP contribution >= 0.6 is 11.8 Å². The van der Waals surface area contributed by atoms with Gasteiger partial charge in [0.1, 0.15) is 0 Å². The number of aliphatic hydroxyl groups excluding tert-OH is 1. The maximum atomic E-state index is 9.09. The van der Waals surface area contributed by atoms with E-state index in [1.165, 1.54) is 12.2 Å². The molecule has 0 aromatic heterocycles. The van der Waals surface area contributed by atoms with Crippen LogP contribution in [-0.2, 0) is 0 Å². The van der Waals surface area contributed by atoms with Gasteiger partial charge in [0.15, 0.2) is 0 Å². The van der Waals surface area contributed by atoms with Crippen molar-refractivity contribution in [2.24, 2.45) is 5.41 Å². The molecule has 2 N–H and O–H groups in total. The third-order valence-corrected chi connectivity index (χ3v) is 3.97. The summed E-state index contributed by atoms with van der Waals surface area (Å²) in [6.07, 6.45) is 1.27. The summed E-state index contributed by atoms with van der Waals surface area (Å²) >= 11 is 2.04. The van der Waals surface area contributed by atoms with Gasteiger partial charge in [0, 0.05) is 29.9 Å². The topological polar surface area (TPSA) is 32.3 Å². The Bertz CT molecular complexity index is 161. The Kier molecular flexibility index (Phi) is 4.07. The molecule has 1 aliphatic heterocycles. The molecule has 0 amide bonds. The molecule has 1 aliphatic rings. The maximum absolute atomic E-state index is 9.09. The van der Waals surface area contributed by atoms with E-state index in [0.717, 1.165) is 11.8 Å². The Morgan fingerprint density at radius 2 is 2.23 bits per heavy atom. The molecule has 3 heteroatoms. The lowest BCUT2D eigenvalue weighted by molar-refractivity contribution is 0.153. The van der Waals surface area contributed by atoms with Gasteiger partial charge in [-0.3, -0.25) is 0 Å². The maximum Gasteiger partial charge on any atom is 0.0494 e. The normalized spacial score (nSPS) is 29.5. The van der Waals surface area contributed by atoms with Gasteiger partial charge < -0.3 is 10.4 Å². The van der Waals surface area contributed by atoms with E-state index in [1.54, 1.807) is 0 Å². The minimum atomic E-state index is 0.0208. The second kappa shape index (κ2) is 4.67. The minimum absolute atomic E-state index is 0.0208. The highest BCUT2D eigenvalue weighted by Crippen LogP contribution is 2.26. The Balaban J connectivity index is 2.25. The zero-order chi connectivity index (χ0) is 9.90. The third kappa shape index (κ3) is 3.49.